The van der Waals surface area contributed by atoms with E-state index in [1.54, 1.807) is 26.1 Å². The van der Waals surface area contributed by atoms with E-state index in [0.29, 0.717) is 5.56 Å². The topological polar surface area (TPSA) is 102 Å². The van der Waals surface area contributed by atoms with Crippen molar-refractivity contribution in [1.82, 2.24) is 15.1 Å². The summed E-state index contributed by atoms with van der Waals surface area (Å²) in [6, 6.07) is 7.26. The molecule has 8 nitrogen and oxygen atoms in total. The maximum atomic E-state index is 12.3. The average Bonchev–Trinajstić information content (AvgIpc) is 3.00. The molecule has 0 bridgehead atoms. The quantitative estimate of drug-likeness (QED) is 0.742. The van der Waals surface area contributed by atoms with Gasteiger partial charge in [-0.3, -0.25) is 14.3 Å². The van der Waals surface area contributed by atoms with Crippen molar-refractivity contribution in [3.63, 3.8) is 0 Å². The molecule has 0 atom stereocenters. The van der Waals surface area contributed by atoms with Crippen LogP contribution in [0.15, 0.2) is 30.5 Å². The summed E-state index contributed by atoms with van der Waals surface area (Å²) >= 11 is 0. The number of hydrogen-bond donors (Lipinski definition) is 2. The van der Waals surface area contributed by atoms with E-state index < -0.39 is 11.9 Å². The SMILES string of the molecule is CCOC(=O)c1cnn(C)c1NC(=O)CNC(=O)c1ccc(C(C)(C)C)cc1. The molecule has 0 radical (unpaired) electrons. The molecular weight excluding hydrogens is 360 g/mol. The van der Waals surface area contributed by atoms with Crippen LogP contribution in [-0.2, 0) is 22.0 Å². The van der Waals surface area contributed by atoms with Gasteiger partial charge in [-0.15, -0.1) is 0 Å². The molecule has 0 saturated carbocycles. The normalized spacial score (nSPS) is 11.0. The molecule has 0 aliphatic carbocycles. The van der Waals surface area contributed by atoms with Crippen molar-refractivity contribution in [2.75, 3.05) is 18.5 Å². The zero-order valence-electron chi connectivity index (χ0n) is 16.8. The maximum absolute atomic E-state index is 12.3. The second-order valence-corrected chi connectivity index (χ2v) is 7.31. The van der Waals surface area contributed by atoms with Gasteiger partial charge in [0.1, 0.15) is 11.4 Å². The highest BCUT2D eigenvalue weighted by Gasteiger charge is 2.19. The molecule has 1 aromatic heterocycles. The summed E-state index contributed by atoms with van der Waals surface area (Å²) in [6.45, 7) is 7.94. The monoisotopic (exact) mass is 386 g/mol. The second kappa shape index (κ2) is 8.69. The number of aromatic nitrogens is 2. The Kier molecular flexibility index (Phi) is 6.56. The summed E-state index contributed by atoms with van der Waals surface area (Å²) < 4.78 is 6.30. The van der Waals surface area contributed by atoms with Gasteiger partial charge in [-0.2, -0.15) is 5.10 Å². The van der Waals surface area contributed by atoms with Crippen LogP contribution in [0.25, 0.3) is 0 Å². The highest BCUT2D eigenvalue weighted by molar-refractivity contribution is 6.02. The number of carbonyl (C=O) groups is 3. The Hall–Kier alpha value is -3.16. The van der Waals surface area contributed by atoms with Crippen molar-refractivity contribution >= 4 is 23.6 Å². The number of nitrogens with zero attached hydrogens (tertiary/aromatic N) is 2. The molecule has 0 spiro atoms. The molecule has 0 unspecified atom stereocenters. The summed E-state index contributed by atoms with van der Waals surface area (Å²) in [4.78, 5) is 36.4. The molecule has 0 fully saturated rings. The van der Waals surface area contributed by atoms with Crippen LogP contribution in [0.1, 0.15) is 54.0 Å². The van der Waals surface area contributed by atoms with Crippen LogP contribution in [0.5, 0.6) is 0 Å². The van der Waals surface area contributed by atoms with E-state index in [1.807, 2.05) is 12.1 Å². The zero-order chi connectivity index (χ0) is 20.9. The van der Waals surface area contributed by atoms with Crippen molar-refractivity contribution in [1.29, 1.82) is 0 Å². The van der Waals surface area contributed by atoms with Crippen LogP contribution in [-0.4, -0.2) is 40.7 Å². The lowest BCUT2D eigenvalue weighted by Crippen LogP contribution is -2.33. The van der Waals surface area contributed by atoms with Gasteiger partial charge in [0.15, 0.2) is 0 Å². The lowest BCUT2D eigenvalue weighted by atomic mass is 9.87. The first kappa shape index (κ1) is 21.1. The molecule has 0 saturated heterocycles. The maximum Gasteiger partial charge on any atom is 0.343 e. The lowest BCUT2D eigenvalue weighted by molar-refractivity contribution is -0.115. The number of carbonyl (C=O) groups excluding carboxylic acids is 3. The third kappa shape index (κ3) is 5.18. The first-order valence-corrected chi connectivity index (χ1v) is 9.01. The third-order valence-corrected chi connectivity index (χ3v) is 4.11. The molecule has 0 aliphatic heterocycles. The predicted molar refractivity (Wildman–Crippen MR) is 105 cm³/mol. The van der Waals surface area contributed by atoms with Crippen molar-refractivity contribution in [3.05, 3.63) is 47.2 Å². The van der Waals surface area contributed by atoms with E-state index in [4.69, 9.17) is 4.74 Å². The summed E-state index contributed by atoms with van der Waals surface area (Å²) in [6.07, 6.45) is 1.32. The number of hydrogen-bond acceptors (Lipinski definition) is 5. The predicted octanol–water partition coefficient (Wildman–Crippen LogP) is 2.26. The molecule has 2 aromatic rings. The van der Waals surface area contributed by atoms with E-state index in [0.717, 1.165) is 5.56 Å². The van der Waals surface area contributed by atoms with Gasteiger partial charge in [0.25, 0.3) is 5.91 Å². The van der Waals surface area contributed by atoms with E-state index in [1.165, 1.54) is 10.9 Å². The van der Waals surface area contributed by atoms with Gasteiger partial charge in [-0.1, -0.05) is 32.9 Å². The van der Waals surface area contributed by atoms with Crippen LogP contribution in [0, 0.1) is 0 Å². The summed E-state index contributed by atoms with van der Waals surface area (Å²) in [7, 11) is 1.59. The molecule has 28 heavy (non-hydrogen) atoms. The number of ether oxygens (including phenoxy) is 1. The standard InChI is InChI=1S/C20H26N4O4/c1-6-28-19(27)15-11-22-24(5)17(15)23-16(25)12-21-18(26)13-7-9-14(10-8-13)20(2,3)4/h7-11H,6,12H2,1-5H3,(H,21,26)(H,23,25). The van der Waals surface area contributed by atoms with Gasteiger partial charge in [0, 0.05) is 12.6 Å². The Labute approximate surface area is 164 Å². The van der Waals surface area contributed by atoms with E-state index in [2.05, 4.69) is 36.5 Å². The van der Waals surface area contributed by atoms with Gasteiger partial charge in [-0.25, -0.2) is 4.79 Å². The number of rotatable bonds is 6. The molecule has 1 heterocycles. The van der Waals surface area contributed by atoms with Crippen LogP contribution in [0.4, 0.5) is 5.82 Å². The summed E-state index contributed by atoms with van der Waals surface area (Å²) in [5.41, 5.74) is 1.73. The van der Waals surface area contributed by atoms with E-state index >= 15 is 0 Å². The van der Waals surface area contributed by atoms with Crippen LogP contribution in [0.2, 0.25) is 0 Å². The molecule has 1 aromatic carbocycles. The molecule has 0 aliphatic rings. The summed E-state index contributed by atoms with van der Waals surface area (Å²) in [5.74, 6) is -1.19. The fraction of sp³-hybridized carbons (Fsp3) is 0.400. The van der Waals surface area contributed by atoms with E-state index in [9.17, 15) is 14.4 Å². The molecule has 8 heteroatoms. The number of amides is 2. The van der Waals surface area contributed by atoms with E-state index in [-0.39, 0.29) is 35.9 Å². The molecule has 2 N–H and O–H groups in total. The summed E-state index contributed by atoms with van der Waals surface area (Å²) in [5, 5.41) is 9.10. The van der Waals surface area contributed by atoms with Crippen molar-refractivity contribution in [3.8, 4) is 0 Å². The number of aryl methyl sites for hydroxylation is 1. The van der Waals surface area contributed by atoms with Gasteiger partial charge >= 0.3 is 5.97 Å². The average molecular weight is 386 g/mol. The molecule has 150 valence electrons. The Morgan fingerprint density at radius 3 is 2.36 bits per heavy atom. The second-order valence-electron chi connectivity index (χ2n) is 7.31. The highest BCUT2D eigenvalue weighted by atomic mass is 16.5. The van der Waals surface area contributed by atoms with Gasteiger partial charge in [0.05, 0.1) is 19.3 Å². The smallest absolute Gasteiger partial charge is 0.343 e. The van der Waals surface area contributed by atoms with Crippen molar-refractivity contribution in [2.24, 2.45) is 7.05 Å². The molecule has 2 amide bonds. The Morgan fingerprint density at radius 1 is 1.14 bits per heavy atom. The fourth-order valence-electron chi connectivity index (χ4n) is 2.50. The lowest BCUT2D eigenvalue weighted by Gasteiger charge is -2.19. The fourth-order valence-corrected chi connectivity index (χ4v) is 2.50. The van der Waals surface area contributed by atoms with Gasteiger partial charge in [0.2, 0.25) is 5.91 Å². The number of nitrogens with one attached hydrogen (secondary N) is 2. The third-order valence-electron chi connectivity index (χ3n) is 4.11. The minimum absolute atomic E-state index is 0.00533. The minimum atomic E-state index is -0.575. The minimum Gasteiger partial charge on any atom is -0.462 e. The zero-order valence-corrected chi connectivity index (χ0v) is 16.8. The first-order chi connectivity index (χ1) is 13.1. The van der Waals surface area contributed by atoms with Crippen LogP contribution >= 0.6 is 0 Å². The van der Waals surface area contributed by atoms with Crippen LogP contribution in [0.3, 0.4) is 0 Å². The Bertz CT molecular complexity index is 863. The number of benzene rings is 1. The van der Waals surface area contributed by atoms with Gasteiger partial charge in [-0.05, 0) is 30.0 Å². The van der Waals surface area contributed by atoms with Crippen molar-refractivity contribution < 1.29 is 19.1 Å². The number of anilines is 1. The molecule has 2 rings (SSSR count). The van der Waals surface area contributed by atoms with Gasteiger partial charge < -0.3 is 15.4 Å². The Morgan fingerprint density at radius 2 is 1.79 bits per heavy atom. The first-order valence-electron chi connectivity index (χ1n) is 9.01. The van der Waals surface area contributed by atoms with Crippen molar-refractivity contribution in [2.45, 2.75) is 33.1 Å². The van der Waals surface area contributed by atoms with Crippen LogP contribution < -0.4 is 10.6 Å². The molecular formula is C20H26N4O4. The highest BCUT2D eigenvalue weighted by Crippen LogP contribution is 2.22. The number of esters is 1. The largest absolute Gasteiger partial charge is 0.462 e. The Balaban J connectivity index is 1.97.